The monoisotopic (exact) mass is 447 g/mol. The summed E-state index contributed by atoms with van der Waals surface area (Å²) in [6.45, 7) is 1.96. The summed E-state index contributed by atoms with van der Waals surface area (Å²) in [5.41, 5.74) is 1.66. The lowest BCUT2D eigenvalue weighted by Crippen LogP contribution is -2.38. The highest BCUT2D eigenvalue weighted by Gasteiger charge is 2.32. The third kappa shape index (κ3) is 4.17. The van der Waals surface area contributed by atoms with Gasteiger partial charge in [0.1, 0.15) is 17.2 Å². The first-order valence-corrected chi connectivity index (χ1v) is 11.5. The number of likely N-dealkylation sites (N-methyl/N-ethyl adjacent to an activating group) is 1. The van der Waals surface area contributed by atoms with E-state index in [1.165, 1.54) is 0 Å². The summed E-state index contributed by atoms with van der Waals surface area (Å²) in [6.07, 6.45) is 2.09. The number of furan rings is 1. The van der Waals surface area contributed by atoms with Crippen molar-refractivity contribution in [3.63, 3.8) is 0 Å². The lowest BCUT2D eigenvalue weighted by molar-refractivity contribution is -0.126. The summed E-state index contributed by atoms with van der Waals surface area (Å²) in [7, 11) is 5.78. The van der Waals surface area contributed by atoms with Gasteiger partial charge in [0, 0.05) is 70.5 Å². The Morgan fingerprint density at radius 2 is 1.85 bits per heavy atom. The Balaban J connectivity index is 1.32. The van der Waals surface area contributed by atoms with E-state index in [0.29, 0.717) is 31.8 Å². The van der Waals surface area contributed by atoms with Crippen LogP contribution in [0.2, 0.25) is 0 Å². The van der Waals surface area contributed by atoms with Crippen LogP contribution in [0.3, 0.4) is 0 Å². The predicted octanol–water partition coefficient (Wildman–Crippen LogP) is 3.25. The van der Waals surface area contributed by atoms with Crippen molar-refractivity contribution in [1.29, 1.82) is 0 Å². The lowest BCUT2D eigenvalue weighted by atomic mass is 9.95. The Kier molecular flexibility index (Phi) is 5.52. The summed E-state index contributed by atoms with van der Waals surface area (Å²) in [6, 6.07) is 11.5. The number of piperidine rings is 1. The number of hydrogen-bond acceptors (Lipinski definition) is 6. The van der Waals surface area contributed by atoms with E-state index in [0.717, 1.165) is 41.1 Å². The van der Waals surface area contributed by atoms with Gasteiger partial charge in [-0.15, -0.1) is 0 Å². The molecule has 0 N–H and O–H groups in total. The molecule has 2 aliphatic heterocycles. The fourth-order valence-corrected chi connectivity index (χ4v) is 4.74. The smallest absolute Gasteiger partial charge is 0.289 e. The fourth-order valence-electron chi connectivity index (χ4n) is 4.74. The molecule has 0 aliphatic carbocycles. The number of benzene rings is 1. The molecule has 4 heterocycles. The first-order valence-electron chi connectivity index (χ1n) is 11.5. The van der Waals surface area contributed by atoms with Crippen molar-refractivity contribution in [3.05, 3.63) is 53.7 Å². The molecule has 3 aromatic rings. The van der Waals surface area contributed by atoms with Gasteiger partial charge in [-0.3, -0.25) is 9.59 Å². The van der Waals surface area contributed by atoms with Crippen LogP contribution < -0.4 is 4.90 Å². The van der Waals surface area contributed by atoms with Crippen LogP contribution in [0.1, 0.15) is 53.2 Å². The molecular weight excluding hydrogens is 418 g/mol. The molecular formula is C25H29N5O3. The Hall–Kier alpha value is -3.42. The molecule has 8 nitrogen and oxygen atoms in total. The quantitative estimate of drug-likeness (QED) is 0.611. The third-order valence-corrected chi connectivity index (χ3v) is 6.75. The Bertz CT molecular complexity index is 1160. The van der Waals surface area contributed by atoms with Gasteiger partial charge in [0.2, 0.25) is 5.91 Å². The number of hydrogen-bond donors (Lipinski definition) is 0. The SMILES string of the molecule is CN1C[C@H](c2cc(N(C)C)nc(C3CCN(C(=O)c4cc5ccccc5o4)CC3)n2)CC1=O. The van der Waals surface area contributed by atoms with Crippen molar-refractivity contribution in [3.8, 4) is 0 Å². The molecule has 2 saturated heterocycles. The Morgan fingerprint density at radius 1 is 1.09 bits per heavy atom. The minimum absolute atomic E-state index is 0.0687. The molecule has 0 bridgehead atoms. The van der Waals surface area contributed by atoms with E-state index < -0.39 is 0 Å². The number of anilines is 1. The molecule has 2 fully saturated rings. The van der Waals surface area contributed by atoms with E-state index in [9.17, 15) is 9.59 Å². The van der Waals surface area contributed by atoms with Crippen LogP contribution in [0.25, 0.3) is 11.0 Å². The summed E-state index contributed by atoms with van der Waals surface area (Å²) < 4.78 is 5.77. The molecule has 0 unspecified atom stereocenters. The van der Waals surface area contributed by atoms with Gasteiger partial charge >= 0.3 is 0 Å². The summed E-state index contributed by atoms with van der Waals surface area (Å²) >= 11 is 0. The molecule has 5 rings (SSSR count). The first-order chi connectivity index (χ1) is 15.9. The molecule has 0 saturated carbocycles. The number of aromatic nitrogens is 2. The minimum Gasteiger partial charge on any atom is -0.451 e. The van der Waals surface area contributed by atoms with Crippen LogP contribution in [-0.4, -0.2) is 72.4 Å². The van der Waals surface area contributed by atoms with Gasteiger partial charge in [0.05, 0.1) is 5.69 Å². The molecule has 0 spiro atoms. The van der Waals surface area contributed by atoms with Gasteiger partial charge in [-0.2, -0.15) is 0 Å². The predicted molar refractivity (Wildman–Crippen MR) is 125 cm³/mol. The molecule has 33 heavy (non-hydrogen) atoms. The van der Waals surface area contributed by atoms with Crippen molar-refractivity contribution in [2.24, 2.45) is 0 Å². The number of likely N-dealkylation sites (tertiary alicyclic amines) is 2. The van der Waals surface area contributed by atoms with Gasteiger partial charge in [-0.05, 0) is 25.0 Å². The first kappa shape index (κ1) is 21.4. The maximum Gasteiger partial charge on any atom is 0.289 e. The van der Waals surface area contributed by atoms with E-state index in [2.05, 4.69) is 0 Å². The average molecular weight is 448 g/mol. The lowest BCUT2D eigenvalue weighted by Gasteiger charge is -2.31. The number of para-hydroxylation sites is 1. The van der Waals surface area contributed by atoms with E-state index >= 15 is 0 Å². The zero-order valence-electron chi connectivity index (χ0n) is 19.3. The average Bonchev–Trinajstić information content (AvgIpc) is 3.41. The number of nitrogens with zero attached hydrogens (tertiary/aromatic N) is 5. The highest BCUT2D eigenvalue weighted by atomic mass is 16.3. The highest BCUT2D eigenvalue weighted by Crippen LogP contribution is 2.32. The van der Waals surface area contributed by atoms with Crippen molar-refractivity contribution >= 4 is 28.6 Å². The zero-order valence-corrected chi connectivity index (χ0v) is 19.3. The molecule has 172 valence electrons. The van der Waals surface area contributed by atoms with Gasteiger partial charge in [-0.25, -0.2) is 9.97 Å². The van der Waals surface area contributed by atoms with Gasteiger partial charge in [-0.1, -0.05) is 18.2 Å². The van der Waals surface area contributed by atoms with Gasteiger partial charge in [0.15, 0.2) is 5.76 Å². The summed E-state index contributed by atoms with van der Waals surface area (Å²) in [5, 5.41) is 0.938. The second-order valence-corrected chi connectivity index (χ2v) is 9.29. The summed E-state index contributed by atoms with van der Waals surface area (Å²) in [4.78, 5) is 40.4. The third-order valence-electron chi connectivity index (χ3n) is 6.75. The molecule has 1 atom stereocenters. The maximum absolute atomic E-state index is 13.0. The van der Waals surface area contributed by atoms with Crippen LogP contribution >= 0.6 is 0 Å². The number of carbonyl (C=O) groups excluding carboxylic acids is 2. The van der Waals surface area contributed by atoms with Crippen molar-refractivity contribution in [1.82, 2.24) is 19.8 Å². The molecule has 2 aliphatic rings. The van der Waals surface area contributed by atoms with Crippen molar-refractivity contribution in [2.75, 3.05) is 45.7 Å². The van der Waals surface area contributed by atoms with Crippen LogP contribution in [0.5, 0.6) is 0 Å². The van der Waals surface area contributed by atoms with Crippen molar-refractivity contribution in [2.45, 2.75) is 31.1 Å². The van der Waals surface area contributed by atoms with Gasteiger partial charge in [0.25, 0.3) is 5.91 Å². The van der Waals surface area contributed by atoms with E-state index in [1.807, 2.05) is 67.3 Å². The molecule has 8 heteroatoms. The van der Waals surface area contributed by atoms with Gasteiger partial charge < -0.3 is 19.1 Å². The molecule has 2 amide bonds. The number of amides is 2. The topological polar surface area (TPSA) is 82.8 Å². The number of fused-ring (bicyclic) bond motifs is 1. The van der Waals surface area contributed by atoms with E-state index in [-0.39, 0.29) is 23.7 Å². The van der Waals surface area contributed by atoms with Crippen LogP contribution in [0, 0.1) is 0 Å². The molecule has 0 radical (unpaired) electrons. The minimum atomic E-state index is -0.0687. The second-order valence-electron chi connectivity index (χ2n) is 9.29. The zero-order chi connectivity index (χ0) is 23.1. The Morgan fingerprint density at radius 3 is 2.52 bits per heavy atom. The number of carbonyl (C=O) groups is 2. The summed E-state index contributed by atoms with van der Waals surface area (Å²) in [5.74, 6) is 2.42. The van der Waals surface area contributed by atoms with Crippen LogP contribution in [-0.2, 0) is 4.79 Å². The van der Waals surface area contributed by atoms with E-state index in [1.54, 1.807) is 4.90 Å². The second kappa shape index (κ2) is 8.50. The maximum atomic E-state index is 13.0. The number of rotatable bonds is 4. The van der Waals surface area contributed by atoms with E-state index in [4.69, 9.17) is 14.4 Å². The normalized spacial score (nSPS) is 19.5. The highest BCUT2D eigenvalue weighted by molar-refractivity contribution is 5.96. The molecule has 2 aromatic heterocycles. The van der Waals surface area contributed by atoms with Crippen molar-refractivity contribution < 1.29 is 14.0 Å². The standard InChI is InChI=1S/C25H29N5O3/c1-28(2)22-14-19(18-13-23(31)29(3)15-18)26-24(27-22)16-8-10-30(11-9-16)25(32)21-12-17-6-4-5-7-20(17)33-21/h4-7,12,14,16,18H,8-11,13,15H2,1-3H3/t18-/m1/s1. The largest absolute Gasteiger partial charge is 0.451 e. The molecule has 1 aromatic carbocycles. The fraction of sp³-hybridized carbons (Fsp3) is 0.440. The van der Waals surface area contributed by atoms with Crippen LogP contribution in [0.15, 0.2) is 40.8 Å². The van der Waals surface area contributed by atoms with Crippen LogP contribution in [0.4, 0.5) is 5.82 Å². The Labute approximate surface area is 193 Å².